The van der Waals surface area contributed by atoms with Crippen molar-refractivity contribution in [2.24, 2.45) is 0 Å². The Balaban J connectivity index is 2.56. The lowest BCUT2D eigenvalue weighted by Crippen LogP contribution is -1.98. The Morgan fingerprint density at radius 3 is 2.50 bits per heavy atom. The summed E-state index contributed by atoms with van der Waals surface area (Å²) in [6.07, 6.45) is 10.9. The summed E-state index contributed by atoms with van der Waals surface area (Å²) in [6.45, 7) is 4.37. The number of rotatable bonds is 7. The first-order valence-corrected chi connectivity index (χ1v) is 6.54. The Morgan fingerprint density at radius 1 is 1.12 bits per heavy atom. The lowest BCUT2D eigenvalue weighted by atomic mass is 9.89. The van der Waals surface area contributed by atoms with Gasteiger partial charge >= 0.3 is 0 Å². The average Bonchev–Trinajstić information content (AvgIpc) is 2.35. The molecule has 0 saturated heterocycles. The minimum Gasteiger partial charge on any atom is -0.0917 e. The summed E-state index contributed by atoms with van der Waals surface area (Å²) in [4.78, 5) is 0. The van der Waals surface area contributed by atoms with Gasteiger partial charge in [0.1, 0.15) is 0 Å². The fourth-order valence-electron chi connectivity index (χ4n) is 2.12. The van der Waals surface area contributed by atoms with E-state index in [1.165, 1.54) is 37.7 Å². The molecule has 0 aliphatic heterocycles. The van der Waals surface area contributed by atoms with Crippen molar-refractivity contribution in [1.29, 1.82) is 0 Å². The zero-order chi connectivity index (χ0) is 11.6. The van der Waals surface area contributed by atoms with E-state index < -0.39 is 0 Å². The van der Waals surface area contributed by atoms with Crippen LogP contribution in [0, 0.1) is 0 Å². The molecule has 0 amide bonds. The van der Waals surface area contributed by atoms with Crippen LogP contribution in [0.4, 0.5) is 0 Å². The van der Waals surface area contributed by atoms with Gasteiger partial charge in [-0.25, -0.2) is 0 Å². The first-order valence-electron chi connectivity index (χ1n) is 6.54. The molecule has 0 radical (unpaired) electrons. The van der Waals surface area contributed by atoms with Gasteiger partial charge in [0.2, 0.25) is 0 Å². The van der Waals surface area contributed by atoms with Crippen molar-refractivity contribution in [1.82, 2.24) is 0 Å². The Bertz CT molecular complexity index is 284. The van der Waals surface area contributed by atoms with Crippen molar-refractivity contribution >= 4 is 0 Å². The minimum atomic E-state index is 0.748. The number of allylic oxidation sites excluding steroid dienone is 2. The van der Waals surface area contributed by atoms with Crippen LogP contribution >= 0.6 is 0 Å². The summed E-state index contributed by atoms with van der Waals surface area (Å²) >= 11 is 0. The molecule has 0 aliphatic carbocycles. The minimum absolute atomic E-state index is 0.748. The van der Waals surface area contributed by atoms with Crippen LogP contribution in [0.5, 0.6) is 0 Å². The standard InChI is InChI=1S/C16H24/c1-3-5-8-12-15(11-6-4-2)16-13-9-7-10-14-16/h3,5,7,9-10,13-15H,4,6,8,11-12H2,1-2H3/b5-3+. The predicted octanol–water partition coefficient (Wildman–Crippen LogP) is 5.32. The Labute approximate surface area is 100 Å². The van der Waals surface area contributed by atoms with Crippen LogP contribution in [-0.2, 0) is 0 Å². The number of unbranched alkanes of at least 4 members (excludes halogenated alkanes) is 1. The highest BCUT2D eigenvalue weighted by molar-refractivity contribution is 5.19. The Hall–Kier alpha value is -1.04. The van der Waals surface area contributed by atoms with Gasteiger partial charge in [-0.1, -0.05) is 62.2 Å². The normalized spacial score (nSPS) is 13.1. The van der Waals surface area contributed by atoms with E-state index in [1.54, 1.807) is 0 Å². The van der Waals surface area contributed by atoms with Gasteiger partial charge in [0, 0.05) is 0 Å². The first kappa shape index (κ1) is 13.0. The van der Waals surface area contributed by atoms with E-state index in [4.69, 9.17) is 0 Å². The third-order valence-electron chi connectivity index (χ3n) is 3.09. The fraction of sp³-hybridized carbons (Fsp3) is 0.500. The topological polar surface area (TPSA) is 0 Å². The molecule has 0 heterocycles. The van der Waals surface area contributed by atoms with E-state index in [-0.39, 0.29) is 0 Å². The second kappa shape index (κ2) is 8.15. The molecule has 0 N–H and O–H groups in total. The number of hydrogen-bond donors (Lipinski definition) is 0. The van der Waals surface area contributed by atoms with E-state index in [9.17, 15) is 0 Å². The molecule has 1 rings (SSSR count). The zero-order valence-electron chi connectivity index (χ0n) is 10.7. The van der Waals surface area contributed by atoms with E-state index in [2.05, 4.69) is 56.3 Å². The first-order chi connectivity index (χ1) is 7.88. The number of hydrogen-bond acceptors (Lipinski definition) is 0. The summed E-state index contributed by atoms with van der Waals surface area (Å²) in [5.74, 6) is 0.748. The highest BCUT2D eigenvalue weighted by Gasteiger charge is 2.09. The second-order valence-corrected chi connectivity index (χ2v) is 4.40. The molecule has 0 heteroatoms. The fourth-order valence-corrected chi connectivity index (χ4v) is 2.12. The molecular formula is C16H24. The van der Waals surface area contributed by atoms with Crippen molar-refractivity contribution in [2.45, 2.75) is 51.9 Å². The Kier molecular flexibility index (Phi) is 6.64. The smallest absolute Gasteiger partial charge is 0.0159 e. The van der Waals surface area contributed by atoms with Crippen LogP contribution in [0.15, 0.2) is 42.5 Å². The van der Waals surface area contributed by atoms with Crippen LogP contribution in [0.2, 0.25) is 0 Å². The Morgan fingerprint density at radius 2 is 1.88 bits per heavy atom. The summed E-state index contributed by atoms with van der Waals surface area (Å²) in [6, 6.07) is 11.0. The molecule has 0 aliphatic rings. The molecule has 0 spiro atoms. The van der Waals surface area contributed by atoms with Gasteiger partial charge < -0.3 is 0 Å². The molecule has 0 nitrogen and oxygen atoms in total. The molecule has 88 valence electrons. The molecule has 0 fully saturated rings. The summed E-state index contributed by atoms with van der Waals surface area (Å²) < 4.78 is 0. The van der Waals surface area contributed by atoms with Crippen molar-refractivity contribution in [3.63, 3.8) is 0 Å². The highest BCUT2D eigenvalue weighted by Crippen LogP contribution is 2.26. The highest BCUT2D eigenvalue weighted by atomic mass is 14.1. The predicted molar refractivity (Wildman–Crippen MR) is 72.8 cm³/mol. The monoisotopic (exact) mass is 216 g/mol. The SMILES string of the molecule is C/C=C/CCC(CCCC)c1ccccc1. The molecule has 0 bridgehead atoms. The van der Waals surface area contributed by atoms with Gasteiger partial charge in [0.05, 0.1) is 0 Å². The maximum absolute atomic E-state index is 2.28. The van der Waals surface area contributed by atoms with Crippen molar-refractivity contribution in [3.8, 4) is 0 Å². The number of benzene rings is 1. The molecular weight excluding hydrogens is 192 g/mol. The van der Waals surface area contributed by atoms with Crippen LogP contribution < -0.4 is 0 Å². The molecule has 1 aromatic rings. The van der Waals surface area contributed by atoms with E-state index >= 15 is 0 Å². The largest absolute Gasteiger partial charge is 0.0917 e. The van der Waals surface area contributed by atoms with E-state index in [0.717, 1.165) is 5.92 Å². The lowest BCUT2D eigenvalue weighted by molar-refractivity contribution is 0.552. The quantitative estimate of drug-likeness (QED) is 0.541. The molecule has 1 aromatic carbocycles. The van der Waals surface area contributed by atoms with E-state index in [1.807, 2.05) is 0 Å². The van der Waals surface area contributed by atoms with Crippen molar-refractivity contribution in [2.75, 3.05) is 0 Å². The third-order valence-corrected chi connectivity index (χ3v) is 3.09. The van der Waals surface area contributed by atoms with Gasteiger partial charge in [-0.2, -0.15) is 0 Å². The van der Waals surface area contributed by atoms with Gasteiger partial charge in [-0.05, 0) is 37.7 Å². The van der Waals surface area contributed by atoms with Crippen LogP contribution in [-0.4, -0.2) is 0 Å². The average molecular weight is 216 g/mol. The van der Waals surface area contributed by atoms with Crippen LogP contribution in [0.3, 0.4) is 0 Å². The van der Waals surface area contributed by atoms with Crippen molar-refractivity contribution < 1.29 is 0 Å². The molecule has 1 unspecified atom stereocenters. The molecule has 0 saturated carbocycles. The van der Waals surface area contributed by atoms with E-state index in [0.29, 0.717) is 0 Å². The maximum Gasteiger partial charge on any atom is -0.0159 e. The van der Waals surface area contributed by atoms with Gasteiger partial charge in [-0.15, -0.1) is 0 Å². The van der Waals surface area contributed by atoms with Gasteiger partial charge in [-0.3, -0.25) is 0 Å². The summed E-state index contributed by atoms with van der Waals surface area (Å²) in [5, 5.41) is 0. The van der Waals surface area contributed by atoms with Gasteiger partial charge in [0.15, 0.2) is 0 Å². The van der Waals surface area contributed by atoms with Crippen LogP contribution in [0.25, 0.3) is 0 Å². The zero-order valence-corrected chi connectivity index (χ0v) is 10.7. The summed E-state index contributed by atoms with van der Waals surface area (Å²) in [5.41, 5.74) is 1.51. The second-order valence-electron chi connectivity index (χ2n) is 4.40. The van der Waals surface area contributed by atoms with Crippen LogP contribution in [0.1, 0.15) is 57.4 Å². The van der Waals surface area contributed by atoms with Gasteiger partial charge in [0.25, 0.3) is 0 Å². The maximum atomic E-state index is 2.28. The lowest BCUT2D eigenvalue weighted by Gasteiger charge is -2.16. The van der Waals surface area contributed by atoms with Crippen molar-refractivity contribution in [3.05, 3.63) is 48.0 Å². The molecule has 0 aromatic heterocycles. The summed E-state index contributed by atoms with van der Waals surface area (Å²) in [7, 11) is 0. The third kappa shape index (κ3) is 4.65. The molecule has 16 heavy (non-hydrogen) atoms. The molecule has 1 atom stereocenters.